The summed E-state index contributed by atoms with van der Waals surface area (Å²) in [5, 5.41) is -0.580. The number of hydrogen-bond acceptors (Lipinski definition) is 6. The molecule has 1 saturated heterocycles. The van der Waals surface area contributed by atoms with Gasteiger partial charge < -0.3 is 23.7 Å². The summed E-state index contributed by atoms with van der Waals surface area (Å²) in [4.78, 5) is 12.0. The van der Waals surface area contributed by atoms with Crippen LogP contribution in [0.25, 0.3) is 0 Å². The van der Waals surface area contributed by atoms with Gasteiger partial charge in [-0.1, -0.05) is 107 Å². The quantitative estimate of drug-likeness (QED) is 0.233. The molecule has 0 aliphatic carbocycles. The highest BCUT2D eigenvalue weighted by atomic mass is 79.9. The number of halogens is 1. The molecular formula is C29H31BrO6. The molecule has 6 nitrogen and oxygen atoms in total. The molecule has 0 aromatic heterocycles. The SMILES string of the molecule is CC(=O)O[C@@H]1[C@@H](OCc2ccccc2)[C@H](OCc2ccccc2)[C@@H](COCc2ccccc2)O[C@@H]1Br. The number of esters is 1. The summed E-state index contributed by atoms with van der Waals surface area (Å²) >= 11 is 3.56. The molecule has 1 heterocycles. The summed E-state index contributed by atoms with van der Waals surface area (Å²) in [5.74, 6) is -0.415. The monoisotopic (exact) mass is 554 g/mol. The summed E-state index contributed by atoms with van der Waals surface area (Å²) in [6.45, 7) is 2.81. The molecule has 4 rings (SSSR count). The Morgan fingerprint density at radius 2 is 1.19 bits per heavy atom. The topological polar surface area (TPSA) is 63.2 Å². The Morgan fingerprint density at radius 1 is 0.722 bits per heavy atom. The lowest BCUT2D eigenvalue weighted by molar-refractivity contribution is -0.247. The van der Waals surface area contributed by atoms with Crippen molar-refractivity contribution in [1.82, 2.24) is 0 Å². The molecule has 1 aliphatic heterocycles. The highest BCUT2D eigenvalue weighted by molar-refractivity contribution is 9.09. The minimum atomic E-state index is -0.697. The van der Waals surface area contributed by atoms with Crippen molar-refractivity contribution in [2.45, 2.75) is 56.2 Å². The van der Waals surface area contributed by atoms with Crippen LogP contribution in [-0.2, 0) is 48.3 Å². The molecule has 36 heavy (non-hydrogen) atoms. The lowest BCUT2D eigenvalue weighted by Crippen LogP contribution is -2.60. The first-order valence-electron chi connectivity index (χ1n) is 12.0. The third-order valence-electron chi connectivity index (χ3n) is 5.84. The molecule has 0 radical (unpaired) electrons. The highest BCUT2D eigenvalue weighted by Crippen LogP contribution is 2.32. The normalized spacial score (nSPS) is 23.8. The Kier molecular flexibility index (Phi) is 10.1. The van der Waals surface area contributed by atoms with Gasteiger partial charge in [-0.2, -0.15) is 0 Å². The molecule has 0 unspecified atom stereocenters. The third-order valence-corrected chi connectivity index (χ3v) is 6.58. The van der Waals surface area contributed by atoms with Gasteiger partial charge in [0.05, 0.1) is 26.4 Å². The number of hydrogen-bond donors (Lipinski definition) is 0. The number of ether oxygens (including phenoxy) is 5. The number of rotatable bonds is 11. The average molecular weight is 555 g/mol. The van der Waals surface area contributed by atoms with Crippen molar-refractivity contribution in [3.8, 4) is 0 Å². The minimum Gasteiger partial charge on any atom is -0.456 e. The fraction of sp³-hybridized carbons (Fsp3) is 0.345. The second-order valence-electron chi connectivity index (χ2n) is 8.62. The molecule has 1 aliphatic rings. The molecule has 0 saturated carbocycles. The summed E-state index contributed by atoms with van der Waals surface area (Å²) in [7, 11) is 0. The standard InChI is InChI=1S/C29H31BrO6/c1-21(31)35-28-27(34-19-24-15-9-4-10-16-24)26(33-18-23-13-7-3-8-14-23)25(36-29(28)30)20-32-17-22-11-5-2-6-12-22/h2-16,25-29H,17-20H2,1H3/t25-,26-,27+,28-,29+/m1/s1. The smallest absolute Gasteiger partial charge is 0.303 e. The number of carbonyl (C=O) groups excluding carboxylic acids is 1. The van der Waals surface area contributed by atoms with Gasteiger partial charge in [0, 0.05) is 6.92 Å². The maximum atomic E-state index is 12.0. The zero-order valence-electron chi connectivity index (χ0n) is 20.2. The second-order valence-corrected chi connectivity index (χ2v) is 9.53. The van der Waals surface area contributed by atoms with Crippen molar-refractivity contribution < 1.29 is 28.5 Å². The maximum absolute atomic E-state index is 12.0. The van der Waals surface area contributed by atoms with Crippen molar-refractivity contribution in [2.24, 2.45) is 0 Å². The van der Waals surface area contributed by atoms with E-state index in [-0.39, 0.29) is 6.61 Å². The number of alkyl halides is 1. The van der Waals surface area contributed by atoms with Crippen LogP contribution in [0.15, 0.2) is 91.0 Å². The summed E-state index contributed by atoms with van der Waals surface area (Å²) in [6.07, 6.45) is -2.27. The first-order valence-corrected chi connectivity index (χ1v) is 12.9. The van der Waals surface area contributed by atoms with Gasteiger partial charge in [-0.05, 0) is 16.7 Å². The van der Waals surface area contributed by atoms with E-state index >= 15 is 0 Å². The van der Waals surface area contributed by atoms with Crippen LogP contribution >= 0.6 is 15.9 Å². The summed E-state index contributed by atoms with van der Waals surface area (Å²) in [5.41, 5.74) is 3.10. The van der Waals surface area contributed by atoms with Crippen LogP contribution in [-0.4, -0.2) is 42.0 Å². The number of carbonyl (C=O) groups is 1. The fourth-order valence-corrected chi connectivity index (χ4v) is 4.79. The van der Waals surface area contributed by atoms with Crippen molar-refractivity contribution >= 4 is 21.9 Å². The van der Waals surface area contributed by atoms with E-state index < -0.39 is 35.4 Å². The van der Waals surface area contributed by atoms with Crippen LogP contribution in [0, 0.1) is 0 Å². The largest absolute Gasteiger partial charge is 0.456 e. The van der Waals surface area contributed by atoms with Crippen molar-refractivity contribution in [2.75, 3.05) is 6.61 Å². The zero-order valence-corrected chi connectivity index (χ0v) is 21.8. The molecule has 0 N–H and O–H groups in total. The van der Waals surface area contributed by atoms with E-state index in [1.165, 1.54) is 6.92 Å². The first kappa shape index (κ1) is 26.5. The van der Waals surface area contributed by atoms with E-state index in [4.69, 9.17) is 23.7 Å². The molecule has 0 amide bonds. The molecule has 7 heteroatoms. The van der Waals surface area contributed by atoms with E-state index in [0.717, 1.165) is 16.7 Å². The predicted octanol–water partition coefficient (Wildman–Crippen LogP) is 5.43. The van der Waals surface area contributed by atoms with E-state index in [0.29, 0.717) is 19.8 Å². The van der Waals surface area contributed by atoms with Gasteiger partial charge in [-0.3, -0.25) is 4.79 Å². The highest BCUT2D eigenvalue weighted by Gasteiger charge is 2.48. The van der Waals surface area contributed by atoms with E-state index in [2.05, 4.69) is 15.9 Å². The molecule has 0 spiro atoms. The lowest BCUT2D eigenvalue weighted by atomic mass is 9.99. The first-order chi connectivity index (χ1) is 17.6. The van der Waals surface area contributed by atoms with Crippen molar-refractivity contribution in [1.29, 1.82) is 0 Å². The van der Waals surface area contributed by atoms with Crippen molar-refractivity contribution in [3.05, 3.63) is 108 Å². The van der Waals surface area contributed by atoms with Gasteiger partial charge in [0.1, 0.15) is 18.3 Å². The minimum absolute atomic E-state index is 0.286. The van der Waals surface area contributed by atoms with Crippen LogP contribution in [0.2, 0.25) is 0 Å². The lowest BCUT2D eigenvalue weighted by Gasteiger charge is -2.44. The van der Waals surface area contributed by atoms with Crippen LogP contribution in [0.3, 0.4) is 0 Å². The zero-order chi connectivity index (χ0) is 25.2. The van der Waals surface area contributed by atoms with E-state index in [9.17, 15) is 4.79 Å². The Morgan fingerprint density at radius 3 is 1.69 bits per heavy atom. The Hall–Kier alpha value is -2.55. The molecule has 5 atom stereocenters. The predicted molar refractivity (Wildman–Crippen MR) is 139 cm³/mol. The molecule has 190 valence electrons. The van der Waals surface area contributed by atoms with Gasteiger partial charge >= 0.3 is 5.97 Å². The van der Waals surface area contributed by atoms with Crippen LogP contribution in [0.4, 0.5) is 0 Å². The molecule has 0 bridgehead atoms. The average Bonchev–Trinajstić information content (AvgIpc) is 2.90. The summed E-state index contributed by atoms with van der Waals surface area (Å²) < 4.78 is 30.7. The second kappa shape index (κ2) is 13.7. The van der Waals surface area contributed by atoms with Crippen LogP contribution < -0.4 is 0 Å². The Labute approximate surface area is 220 Å². The van der Waals surface area contributed by atoms with Gasteiger partial charge in [0.25, 0.3) is 0 Å². The maximum Gasteiger partial charge on any atom is 0.303 e. The van der Waals surface area contributed by atoms with Gasteiger partial charge in [0.2, 0.25) is 0 Å². The third kappa shape index (κ3) is 7.72. The number of benzene rings is 3. The van der Waals surface area contributed by atoms with Gasteiger partial charge in [-0.25, -0.2) is 0 Å². The van der Waals surface area contributed by atoms with E-state index in [1.54, 1.807) is 0 Å². The van der Waals surface area contributed by atoms with Crippen molar-refractivity contribution in [3.63, 3.8) is 0 Å². The van der Waals surface area contributed by atoms with Crippen LogP contribution in [0.5, 0.6) is 0 Å². The van der Waals surface area contributed by atoms with Gasteiger partial charge in [-0.15, -0.1) is 0 Å². The fourth-order valence-electron chi connectivity index (χ4n) is 4.11. The Balaban J connectivity index is 1.53. The van der Waals surface area contributed by atoms with Crippen LogP contribution in [0.1, 0.15) is 23.6 Å². The Bertz CT molecular complexity index is 1050. The van der Waals surface area contributed by atoms with Gasteiger partial charge in [0.15, 0.2) is 11.1 Å². The molecule has 3 aromatic rings. The molecule has 3 aromatic carbocycles. The molecular weight excluding hydrogens is 524 g/mol. The summed E-state index contributed by atoms with van der Waals surface area (Å²) in [6, 6.07) is 29.7. The van der Waals surface area contributed by atoms with E-state index in [1.807, 2.05) is 91.0 Å². The molecule has 1 fully saturated rings.